The fourth-order valence-corrected chi connectivity index (χ4v) is 3.54. The number of aryl methyl sites for hydroxylation is 1. The highest BCUT2D eigenvalue weighted by molar-refractivity contribution is 6.07. The largest absolute Gasteiger partial charge is 0.493 e. The maximum absolute atomic E-state index is 13.1. The second kappa shape index (κ2) is 6.37. The van der Waals surface area contributed by atoms with Gasteiger partial charge in [0.1, 0.15) is 18.1 Å². The van der Waals surface area contributed by atoms with Crippen molar-refractivity contribution in [1.82, 2.24) is 10.2 Å². The summed E-state index contributed by atoms with van der Waals surface area (Å²) in [6.45, 7) is 2.79. The lowest BCUT2D eigenvalue weighted by Crippen LogP contribution is -2.47. The fraction of sp³-hybridized carbons (Fsp3) is 0.300. The van der Waals surface area contributed by atoms with Gasteiger partial charge in [-0.3, -0.25) is 9.69 Å². The summed E-state index contributed by atoms with van der Waals surface area (Å²) < 4.78 is 11.4. The van der Waals surface area contributed by atoms with Crippen LogP contribution in [-0.2, 0) is 10.3 Å². The topological polar surface area (TPSA) is 67.9 Å². The number of rotatable bonds is 4. The third-order valence-electron chi connectivity index (χ3n) is 4.92. The number of nitrogens with zero attached hydrogens (tertiary/aromatic N) is 1. The Balaban J connectivity index is 1.51. The summed E-state index contributed by atoms with van der Waals surface area (Å²) in [6, 6.07) is 14.6. The van der Waals surface area contributed by atoms with Gasteiger partial charge in [0.05, 0.1) is 13.2 Å². The van der Waals surface area contributed by atoms with Gasteiger partial charge >= 0.3 is 6.03 Å². The Labute approximate surface area is 151 Å². The third kappa shape index (κ3) is 2.58. The number of carbonyl (C=O) groups is 2. The molecule has 1 atom stereocenters. The van der Waals surface area contributed by atoms with E-state index in [1.165, 1.54) is 4.90 Å². The molecular formula is C20H20N2O4. The van der Waals surface area contributed by atoms with Crippen LogP contribution in [-0.4, -0.2) is 36.6 Å². The highest BCUT2D eigenvalue weighted by Crippen LogP contribution is 2.40. The number of fused-ring (bicyclic) bond motifs is 2. The molecule has 1 fully saturated rings. The molecule has 134 valence electrons. The second-order valence-corrected chi connectivity index (χ2v) is 6.50. The van der Waals surface area contributed by atoms with Crippen molar-refractivity contribution in [1.29, 1.82) is 0 Å². The molecule has 2 aromatic rings. The van der Waals surface area contributed by atoms with Crippen molar-refractivity contribution in [2.24, 2.45) is 0 Å². The first-order valence-electron chi connectivity index (χ1n) is 8.67. The molecule has 1 spiro atoms. The number of ether oxygens (including phenoxy) is 2. The average molecular weight is 352 g/mol. The first-order valence-corrected chi connectivity index (χ1v) is 8.67. The summed E-state index contributed by atoms with van der Waals surface area (Å²) in [7, 11) is 0. The third-order valence-corrected chi connectivity index (χ3v) is 4.92. The summed E-state index contributed by atoms with van der Waals surface area (Å²) in [6.07, 6.45) is 0.420. The van der Waals surface area contributed by atoms with E-state index < -0.39 is 5.54 Å². The Morgan fingerprint density at radius 3 is 2.77 bits per heavy atom. The molecule has 2 aromatic carbocycles. The van der Waals surface area contributed by atoms with E-state index in [0.29, 0.717) is 24.3 Å². The number of urea groups is 1. The molecule has 0 unspecified atom stereocenters. The molecule has 6 nitrogen and oxygen atoms in total. The predicted octanol–water partition coefficient (Wildman–Crippen LogP) is 2.60. The van der Waals surface area contributed by atoms with Gasteiger partial charge in [-0.05, 0) is 24.6 Å². The van der Waals surface area contributed by atoms with Crippen LogP contribution in [0.15, 0.2) is 48.5 Å². The highest BCUT2D eigenvalue weighted by atomic mass is 16.5. The van der Waals surface area contributed by atoms with E-state index in [-0.39, 0.29) is 25.1 Å². The second-order valence-electron chi connectivity index (χ2n) is 6.50. The van der Waals surface area contributed by atoms with Gasteiger partial charge in [-0.25, -0.2) is 4.79 Å². The zero-order valence-electron chi connectivity index (χ0n) is 14.5. The van der Waals surface area contributed by atoms with Gasteiger partial charge < -0.3 is 14.8 Å². The van der Waals surface area contributed by atoms with Gasteiger partial charge in [-0.2, -0.15) is 0 Å². The molecule has 0 saturated carbocycles. The standard InChI is InChI=1S/C20H20N2O4/c1-14-6-2-4-8-16(14)26-13-11-22-18(23)20(21-19(22)24)10-12-25-17-9-5-3-7-15(17)20/h2-9H,10-13H2,1H3,(H,21,24)/t20-/m0/s1. The molecule has 0 bridgehead atoms. The molecule has 1 N–H and O–H groups in total. The number of nitrogens with one attached hydrogen (secondary N) is 1. The van der Waals surface area contributed by atoms with Crippen LogP contribution in [0.4, 0.5) is 4.79 Å². The summed E-state index contributed by atoms with van der Waals surface area (Å²) in [4.78, 5) is 26.8. The molecule has 0 aromatic heterocycles. The number of hydrogen-bond acceptors (Lipinski definition) is 4. The van der Waals surface area contributed by atoms with Gasteiger partial charge in [0.2, 0.25) is 0 Å². The van der Waals surface area contributed by atoms with Crippen molar-refractivity contribution in [3.63, 3.8) is 0 Å². The van der Waals surface area contributed by atoms with Crippen molar-refractivity contribution in [3.05, 3.63) is 59.7 Å². The molecule has 2 aliphatic rings. The molecular weight excluding hydrogens is 332 g/mol. The lowest BCUT2D eigenvalue weighted by atomic mass is 9.84. The van der Waals surface area contributed by atoms with Crippen LogP contribution in [0.3, 0.4) is 0 Å². The minimum atomic E-state index is -1.03. The van der Waals surface area contributed by atoms with Crippen molar-refractivity contribution < 1.29 is 19.1 Å². The van der Waals surface area contributed by atoms with E-state index in [1.807, 2.05) is 55.5 Å². The molecule has 2 aliphatic heterocycles. The normalized spacial score (nSPS) is 21.3. The van der Waals surface area contributed by atoms with Crippen LogP contribution >= 0.6 is 0 Å². The zero-order valence-corrected chi connectivity index (χ0v) is 14.5. The van der Waals surface area contributed by atoms with E-state index in [2.05, 4.69) is 5.32 Å². The number of hydrogen-bond donors (Lipinski definition) is 1. The van der Waals surface area contributed by atoms with Gasteiger partial charge in [0.25, 0.3) is 5.91 Å². The maximum atomic E-state index is 13.1. The molecule has 4 rings (SSSR count). The Hall–Kier alpha value is -3.02. The van der Waals surface area contributed by atoms with Crippen LogP contribution < -0.4 is 14.8 Å². The minimum Gasteiger partial charge on any atom is -0.493 e. The van der Waals surface area contributed by atoms with Crippen molar-refractivity contribution in [3.8, 4) is 11.5 Å². The first-order chi connectivity index (χ1) is 12.6. The fourth-order valence-electron chi connectivity index (χ4n) is 3.54. The lowest BCUT2D eigenvalue weighted by Gasteiger charge is -2.33. The van der Waals surface area contributed by atoms with E-state index in [4.69, 9.17) is 9.47 Å². The van der Waals surface area contributed by atoms with E-state index in [0.717, 1.165) is 11.3 Å². The highest BCUT2D eigenvalue weighted by Gasteiger charge is 2.54. The smallest absolute Gasteiger partial charge is 0.325 e. The zero-order chi connectivity index (χ0) is 18.1. The number of para-hydroxylation sites is 2. The lowest BCUT2D eigenvalue weighted by molar-refractivity contribution is -0.132. The van der Waals surface area contributed by atoms with Crippen LogP contribution in [0.1, 0.15) is 17.5 Å². The predicted molar refractivity (Wildman–Crippen MR) is 95.2 cm³/mol. The first kappa shape index (κ1) is 16.4. The Morgan fingerprint density at radius 2 is 1.92 bits per heavy atom. The number of imide groups is 1. The minimum absolute atomic E-state index is 0.198. The van der Waals surface area contributed by atoms with Crippen LogP contribution in [0.5, 0.6) is 11.5 Å². The summed E-state index contributed by atoms with van der Waals surface area (Å²) in [5.74, 6) is 1.16. The molecule has 26 heavy (non-hydrogen) atoms. The van der Waals surface area contributed by atoms with E-state index >= 15 is 0 Å². The number of benzene rings is 2. The number of carbonyl (C=O) groups excluding carboxylic acids is 2. The Bertz CT molecular complexity index is 866. The number of amides is 3. The van der Waals surface area contributed by atoms with E-state index in [1.54, 1.807) is 0 Å². The van der Waals surface area contributed by atoms with Gasteiger partial charge in [-0.1, -0.05) is 36.4 Å². The molecule has 0 radical (unpaired) electrons. The molecule has 6 heteroatoms. The Kier molecular flexibility index (Phi) is 4.03. The average Bonchev–Trinajstić information content (AvgIpc) is 2.88. The van der Waals surface area contributed by atoms with Gasteiger partial charge in [0, 0.05) is 12.0 Å². The van der Waals surface area contributed by atoms with Gasteiger partial charge in [-0.15, -0.1) is 0 Å². The summed E-state index contributed by atoms with van der Waals surface area (Å²) in [5, 5.41) is 2.89. The summed E-state index contributed by atoms with van der Waals surface area (Å²) >= 11 is 0. The molecule has 1 saturated heterocycles. The van der Waals surface area contributed by atoms with Crippen molar-refractivity contribution in [2.45, 2.75) is 18.9 Å². The van der Waals surface area contributed by atoms with Crippen molar-refractivity contribution >= 4 is 11.9 Å². The van der Waals surface area contributed by atoms with Crippen LogP contribution in [0, 0.1) is 6.92 Å². The molecule has 0 aliphatic carbocycles. The Morgan fingerprint density at radius 1 is 1.15 bits per heavy atom. The SMILES string of the molecule is Cc1ccccc1OCCN1C(=O)N[C@]2(CCOc3ccccc32)C1=O. The van der Waals surface area contributed by atoms with Crippen LogP contribution in [0.2, 0.25) is 0 Å². The summed E-state index contributed by atoms with van der Waals surface area (Å²) in [5.41, 5.74) is 0.695. The van der Waals surface area contributed by atoms with Crippen molar-refractivity contribution in [2.75, 3.05) is 19.8 Å². The molecule has 2 heterocycles. The maximum Gasteiger partial charge on any atom is 0.325 e. The quantitative estimate of drug-likeness (QED) is 0.859. The van der Waals surface area contributed by atoms with Gasteiger partial charge in [0.15, 0.2) is 5.54 Å². The monoisotopic (exact) mass is 352 g/mol. The van der Waals surface area contributed by atoms with E-state index in [9.17, 15) is 9.59 Å². The molecule has 3 amide bonds. The van der Waals surface area contributed by atoms with Crippen LogP contribution in [0.25, 0.3) is 0 Å².